The lowest BCUT2D eigenvalue weighted by Gasteiger charge is -1.94. The minimum atomic E-state index is -0.171. The number of aryl methyl sites for hydroxylation is 1. The van der Waals surface area contributed by atoms with Crippen LogP contribution < -0.4 is 11.4 Å². The summed E-state index contributed by atoms with van der Waals surface area (Å²) in [5.74, 6) is 5.19. The van der Waals surface area contributed by atoms with Gasteiger partial charge in [-0.15, -0.1) is 0 Å². The molecule has 0 aliphatic rings. The molecular formula is C6H8N2O. The van der Waals surface area contributed by atoms with Gasteiger partial charge in [0, 0.05) is 12.3 Å². The highest BCUT2D eigenvalue weighted by molar-refractivity contribution is 5.07. The lowest BCUT2D eigenvalue weighted by molar-refractivity contribution is 0.930. The number of nitrogens with zero attached hydrogens (tertiary/aromatic N) is 1. The highest BCUT2D eigenvalue weighted by atomic mass is 16.1. The molecule has 0 saturated carbocycles. The summed E-state index contributed by atoms with van der Waals surface area (Å²) < 4.78 is 1.05. The van der Waals surface area contributed by atoms with Gasteiger partial charge >= 0.3 is 0 Å². The Morgan fingerprint density at radius 1 is 1.67 bits per heavy atom. The zero-order valence-corrected chi connectivity index (χ0v) is 5.16. The van der Waals surface area contributed by atoms with E-state index in [1.54, 1.807) is 6.07 Å². The van der Waals surface area contributed by atoms with Crippen molar-refractivity contribution in [1.82, 2.24) is 4.68 Å². The maximum Gasteiger partial charge on any atom is 0.268 e. The number of hydrogen-bond acceptors (Lipinski definition) is 2. The maximum atomic E-state index is 10.7. The topological polar surface area (TPSA) is 48.0 Å². The van der Waals surface area contributed by atoms with Crippen LogP contribution >= 0.6 is 0 Å². The van der Waals surface area contributed by atoms with Crippen molar-refractivity contribution in [3.63, 3.8) is 0 Å². The number of aromatic nitrogens is 1. The van der Waals surface area contributed by atoms with Gasteiger partial charge in [0.2, 0.25) is 0 Å². The van der Waals surface area contributed by atoms with E-state index in [9.17, 15) is 4.79 Å². The van der Waals surface area contributed by atoms with Crippen LogP contribution in [0.15, 0.2) is 23.1 Å². The minimum Gasteiger partial charge on any atom is -0.336 e. The number of pyridine rings is 1. The molecule has 0 unspecified atom stereocenters. The van der Waals surface area contributed by atoms with Gasteiger partial charge in [-0.1, -0.05) is 0 Å². The van der Waals surface area contributed by atoms with Crippen molar-refractivity contribution in [2.24, 2.45) is 0 Å². The van der Waals surface area contributed by atoms with E-state index >= 15 is 0 Å². The van der Waals surface area contributed by atoms with Crippen LogP contribution in [-0.4, -0.2) is 4.68 Å². The monoisotopic (exact) mass is 124 g/mol. The van der Waals surface area contributed by atoms with Crippen LogP contribution in [0.4, 0.5) is 0 Å². The van der Waals surface area contributed by atoms with Gasteiger partial charge < -0.3 is 5.84 Å². The molecule has 1 aromatic rings. The quantitative estimate of drug-likeness (QED) is 0.490. The first-order valence-electron chi connectivity index (χ1n) is 2.64. The van der Waals surface area contributed by atoms with Gasteiger partial charge in [0.15, 0.2) is 0 Å². The molecule has 0 aromatic carbocycles. The second-order valence-electron chi connectivity index (χ2n) is 1.95. The Hall–Kier alpha value is -1.25. The predicted octanol–water partition coefficient (Wildman–Crippen LogP) is -0.129. The van der Waals surface area contributed by atoms with Crippen molar-refractivity contribution in [1.29, 1.82) is 0 Å². The summed E-state index contributed by atoms with van der Waals surface area (Å²) in [6, 6.07) is 3.27. The summed E-state index contributed by atoms with van der Waals surface area (Å²) in [6.07, 6.45) is 1.54. The molecule has 0 bridgehead atoms. The molecule has 0 radical (unpaired) electrons. The van der Waals surface area contributed by atoms with Crippen molar-refractivity contribution in [3.8, 4) is 0 Å². The smallest absolute Gasteiger partial charge is 0.268 e. The third kappa shape index (κ3) is 1.10. The molecule has 0 spiro atoms. The summed E-state index contributed by atoms with van der Waals surface area (Å²) in [6.45, 7) is 1.85. The van der Waals surface area contributed by atoms with Crippen LogP contribution in [0.2, 0.25) is 0 Å². The Morgan fingerprint density at radius 2 is 2.33 bits per heavy atom. The normalized spacial score (nSPS) is 9.44. The molecule has 1 rings (SSSR count). The lowest BCUT2D eigenvalue weighted by atomic mass is 10.3. The van der Waals surface area contributed by atoms with Crippen LogP contribution in [0.25, 0.3) is 0 Å². The third-order valence-electron chi connectivity index (χ3n) is 1.10. The van der Waals surface area contributed by atoms with E-state index in [0.717, 1.165) is 10.2 Å². The van der Waals surface area contributed by atoms with Crippen LogP contribution in [-0.2, 0) is 0 Å². The first-order chi connectivity index (χ1) is 4.20. The zero-order chi connectivity index (χ0) is 6.85. The minimum absolute atomic E-state index is 0.171. The Morgan fingerprint density at radius 3 is 2.78 bits per heavy atom. The standard InChI is InChI=1S/C6H8N2O/c1-5-2-3-8(7)6(9)4-5/h2-4H,7H2,1H3. The fraction of sp³-hybridized carbons (Fsp3) is 0.167. The highest BCUT2D eigenvalue weighted by Crippen LogP contribution is 1.86. The largest absolute Gasteiger partial charge is 0.336 e. The molecule has 2 N–H and O–H groups in total. The van der Waals surface area contributed by atoms with Gasteiger partial charge in [-0.25, -0.2) is 4.68 Å². The van der Waals surface area contributed by atoms with Gasteiger partial charge in [-0.3, -0.25) is 4.79 Å². The van der Waals surface area contributed by atoms with Gasteiger partial charge in [-0.2, -0.15) is 0 Å². The average Bonchev–Trinajstić information content (AvgIpc) is 1.80. The van der Waals surface area contributed by atoms with Crippen molar-refractivity contribution in [3.05, 3.63) is 34.2 Å². The van der Waals surface area contributed by atoms with Gasteiger partial charge in [-0.05, 0) is 18.6 Å². The second kappa shape index (κ2) is 1.93. The summed E-state index contributed by atoms with van der Waals surface area (Å²) in [7, 11) is 0. The van der Waals surface area contributed by atoms with Gasteiger partial charge in [0.05, 0.1) is 0 Å². The summed E-state index contributed by atoms with van der Waals surface area (Å²) in [5.41, 5.74) is 0.761. The Bertz CT molecular complexity index is 264. The molecule has 3 nitrogen and oxygen atoms in total. The average molecular weight is 124 g/mol. The van der Waals surface area contributed by atoms with E-state index in [-0.39, 0.29) is 5.56 Å². The molecule has 48 valence electrons. The van der Waals surface area contributed by atoms with Crippen LogP contribution in [0.3, 0.4) is 0 Å². The van der Waals surface area contributed by atoms with E-state index in [0.29, 0.717) is 0 Å². The second-order valence-corrected chi connectivity index (χ2v) is 1.95. The molecular weight excluding hydrogens is 116 g/mol. The van der Waals surface area contributed by atoms with Crippen LogP contribution in [0.5, 0.6) is 0 Å². The molecule has 0 fully saturated rings. The summed E-state index contributed by atoms with van der Waals surface area (Å²) >= 11 is 0. The summed E-state index contributed by atoms with van der Waals surface area (Å²) in [5, 5.41) is 0. The van der Waals surface area contributed by atoms with Crippen molar-refractivity contribution in [2.45, 2.75) is 6.92 Å². The fourth-order valence-corrected chi connectivity index (χ4v) is 0.589. The Kier molecular flexibility index (Phi) is 1.26. The van der Waals surface area contributed by atoms with E-state index in [2.05, 4.69) is 0 Å². The van der Waals surface area contributed by atoms with Gasteiger partial charge in [0.1, 0.15) is 0 Å². The molecule has 1 heterocycles. The third-order valence-corrected chi connectivity index (χ3v) is 1.10. The first-order valence-corrected chi connectivity index (χ1v) is 2.64. The lowest BCUT2D eigenvalue weighted by Crippen LogP contribution is -2.25. The molecule has 0 atom stereocenters. The summed E-state index contributed by atoms with van der Waals surface area (Å²) in [4.78, 5) is 10.7. The SMILES string of the molecule is Cc1ccn(N)c(=O)c1. The predicted molar refractivity (Wildman–Crippen MR) is 35.6 cm³/mol. The molecule has 0 saturated heterocycles. The molecule has 3 heteroatoms. The Labute approximate surface area is 52.7 Å². The van der Waals surface area contributed by atoms with Crippen LogP contribution in [0, 0.1) is 6.92 Å². The number of nitrogen functional groups attached to an aromatic ring is 1. The van der Waals surface area contributed by atoms with Gasteiger partial charge in [0.25, 0.3) is 5.56 Å². The zero-order valence-electron chi connectivity index (χ0n) is 5.16. The number of hydrogen-bond donors (Lipinski definition) is 1. The molecule has 0 aliphatic carbocycles. The molecule has 0 amide bonds. The number of rotatable bonds is 0. The fourth-order valence-electron chi connectivity index (χ4n) is 0.589. The van der Waals surface area contributed by atoms with E-state index in [4.69, 9.17) is 5.84 Å². The molecule has 0 aliphatic heterocycles. The van der Waals surface area contributed by atoms with E-state index < -0.39 is 0 Å². The highest BCUT2D eigenvalue weighted by Gasteiger charge is 1.87. The van der Waals surface area contributed by atoms with Crippen molar-refractivity contribution >= 4 is 0 Å². The van der Waals surface area contributed by atoms with E-state index in [1.807, 2.05) is 6.92 Å². The number of nitrogens with two attached hydrogens (primary N) is 1. The Balaban J connectivity index is 3.34. The first kappa shape index (κ1) is 5.88. The maximum absolute atomic E-state index is 10.7. The van der Waals surface area contributed by atoms with Crippen molar-refractivity contribution < 1.29 is 0 Å². The van der Waals surface area contributed by atoms with Crippen molar-refractivity contribution in [2.75, 3.05) is 5.84 Å². The molecule has 9 heavy (non-hydrogen) atoms. The molecule has 1 aromatic heterocycles. The van der Waals surface area contributed by atoms with Crippen LogP contribution in [0.1, 0.15) is 5.56 Å². The van der Waals surface area contributed by atoms with E-state index in [1.165, 1.54) is 12.3 Å².